The van der Waals surface area contributed by atoms with Crippen molar-refractivity contribution in [1.29, 1.82) is 0 Å². The highest BCUT2D eigenvalue weighted by Crippen LogP contribution is 2.22. The van der Waals surface area contributed by atoms with E-state index < -0.39 is 0 Å². The second-order valence-electron chi connectivity index (χ2n) is 4.80. The standard InChI is InChI=1S/C13H20N4S/c1-2-10-4-3-8-17(9-6-10)13-15-7-5-11(16-13)12(14)18/h5,7,10H,2-4,6,8-9H2,1H3,(H2,14,18). The van der Waals surface area contributed by atoms with Crippen molar-refractivity contribution in [3.05, 3.63) is 18.0 Å². The summed E-state index contributed by atoms with van der Waals surface area (Å²) in [6.45, 7) is 4.32. The summed E-state index contributed by atoms with van der Waals surface area (Å²) in [5, 5.41) is 0. The van der Waals surface area contributed by atoms with E-state index in [1.165, 1.54) is 25.7 Å². The minimum atomic E-state index is 0.333. The van der Waals surface area contributed by atoms with Gasteiger partial charge in [-0.1, -0.05) is 25.6 Å². The van der Waals surface area contributed by atoms with Crippen LogP contribution in [0.3, 0.4) is 0 Å². The van der Waals surface area contributed by atoms with E-state index in [0.717, 1.165) is 25.0 Å². The molecule has 0 aliphatic carbocycles. The Labute approximate surface area is 114 Å². The Morgan fingerprint density at radius 1 is 1.50 bits per heavy atom. The van der Waals surface area contributed by atoms with Gasteiger partial charge < -0.3 is 10.6 Å². The first-order chi connectivity index (χ1) is 8.70. The van der Waals surface area contributed by atoms with Gasteiger partial charge in [0, 0.05) is 19.3 Å². The minimum absolute atomic E-state index is 0.333. The third kappa shape index (κ3) is 3.16. The van der Waals surface area contributed by atoms with Crippen LogP contribution in [0.4, 0.5) is 5.95 Å². The van der Waals surface area contributed by atoms with Crippen molar-refractivity contribution in [2.75, 3.05) is 18.0 Å². The molecule has 0 aromatic carbocycles. The molecule has 2 N–H and O–H groups in total. The Bertz CT molecular complexity index is 421. The van der Waals surface area contributed by atoms with Crippen molar-refractivity contribution in [2.45, 2.75) is 32.6 Å². The first-order valence-electron chi connectivity index (χ1n) is 6.58. The van der Waals surface area contributed by atoms with Crippen LogP contribution < -0.4 is 10.6 Å². The quantitative estimate of drug-likeness (QED) is 0.848. The lowest BCUT2D eigenvalue weighted by Gasteiger charge is -2.20. The van der Waals surface area contributed by atoms with Gasteiger partial charge in [-0.15, -0.1) is 0 Å². The Balaban J connectivity index is 2.11. The van der Waals surface area contributed by atoms with Gasteiger partial charge >= 0.3 is 0 Å². The molecule has 98 valence electrons. The van der Waals surface area contributed by atoms with E-state index in [0.29, 0.717) is 10.7 Å². The average molecular weight is 264 g/mol. The number of anilines is 1. The van der Waals surface area contributed by atoms with Crippen LogP contribution in [0, 0.1) is 5.92 Å². The lowest BCUT2D eigenvalue weighted by atomic mass is 9.98. The van der Waals surface area contributed by atoms with Crippen LogP contribution in [0.2, 0.25) is 0 Å². The van der Waals surface area contributed by atoms with Crippen LogP contribution >= 0.6 is 12.2 Å². The molecule has 4 nitrogen and oxygen atoms in total. The van der Waals surface area contributed by atoms with E-state index in [-0.39, 0.29) is 0 Å². The van der Waals surface area contributed by atoms with Gasteiger partial charge in [0.15, 0.2) is 0 Å². The molecule has 0 radical (unpaired) electrons. The van der Waals surface area contributed by atoms with Crippen LogP contribution in [0.5, 0.6) is 0 Å². The summed E-state index contributed by atoms with van der Waals surface area (Å²) in [4.78, 5) is 11.4. The highest BCUT2D eigenvalue weighted by Gasteiger charge is 2.17. The summed E-state index contributed by atoms with van der Waals surface area (Å²) in [7, 11) is 0. The minimum Gasteiger partial charge on any atom is -0.388 e. The largest absolute Gasteiger partial charge is 0.388 e. The van der Waals surface area contributed by atoms with Gasteiger partial charge in [-0.05, 0) is 31.2 Å². The monoisotopic (exact) mass is 264 g/mol. The molecule has 1 aliphatic rings. The van der Waals surface area contributed by atoms with Crippen LogP contribution in [0.15, 0.2) is 12.3 Å². The Morgan fingerprint density at radius 2 is 2.33 bits per heavy atom. The summed E-state index contributed by atoms with van der Waals surface area (Å²) < 4.78 is 0. The van der Waals surface area contributed by atoms with E-state index in [9.17, 15) is 0 Å². The Hall–Kier alpha value is -1.23. The van der Waals surface area contributed by atoms with Gasteiger partial charge in [-0.3, -0.25) is 0 Å². The first kappa shape index (κ1) is 13.2. The predicted octanol–water partition coefficient (Wildman–Crippen LogP) is 2.13. The lowest BCUT2D eigenvalue weighted by Crippen LogP contribution is -2.27. The number of hydrogen-bond donors (Lipinski definition) is 1. The Kier molecular flexibility index (Phi) is 4.47. The summed E-state index contributed by atoms with van der Waals surface area (Å²) >= 11 is 4.96. The highest BCUT2D eigenvalue weighted by atomic mass is 32.1. The van der Waals surface area contributed by atoms with Gasteiger partial charge in [-0.2, -0.15) is 0 Å². The molecule has 1 atom stereocenters. The van der Waals surface area contributed by atoms with Gasteiger partial charge in [0.05, 0.1) is 0 Å². The normalized spacial score (nSPS) is 20.5. The number of aromatic nitrogens is 2. The van der Waals surface area contributed by atoms with Crippen molar-refractivity contribution >= 4 is 23.2 Å². The molecule has 0 amide bonds. The maximum Gasteiger partial charge on any atom is 0.225 e. The van der Waals surface area contributed by atoms with Crippen LogP contribution in [-0.4, -0.2) is 28.0 Å². The summed E-state index contributed by atoms with van der Waals surface area (Å²) in [6, 6.07) is 1.76. The number of thiocarbonyl (C=S) groups is 1. The van der Waals surface area contributed by atoms with Crippen LogP contribution in [0.25, 0.3) is 0 Å². The van der Waals surface area contributed by atoms with E-state index in [4.69, 9.17) is 18.0 Å². The third-order valence-corrected chi connectivity index (χ3v) is 3.81. The van der Waals surface area contributed by atoms with Crippen molar-refractivity contribution in [1.82, 2.24) is 9.97 Å². The van der Waals surface area contributed by atoms with E-state index in [2.05, 4.69) is 21.8 Å². The average Bonchev–Trinajstić information content (AvgIpc) is 2.64. The van der Waals surface area contributed by atoms with E-state index >= 15 is 0 Å². The molecule has 1 unspecified atom stereocenters. The molecule has 0 bridgehead atoms. The fourth-order valence-electron chi connectivity index (χ4n) is 2.41. The lowest BCUT2D eigenvalue weighted by molar-refractivity contribution is 0.459. The number of nitrogens with two attached hydrogens (primary N) is 1. The third-order valence-electron chi connectivity index (χ3n) is 3.60. The van der Waals surface area contributed by atoms with E-state index in [1.54, 1.807) is 12.3 Å². The molecule has 18 heavy (non-hydrogen) atoms. The van der Waals surface area contributed by atoms with Gasteiger partial charge in [0.25, 0.3) is 0 Å². The maximum absolute atomic E-state index is 5.61. The zero-order chi connectivity index (χ0) is 13.0. The first-order valence-corrected chi connectivity index (χ1v) is 6.99. The van der Waals surface area contributed by atoms with Gasteiger partial charge in [0.2, 0.25) is 5.95 Å². The molecule has 1 aliphatic heterocycles. The molecule has 5 heteroatoms. The summed E-state index contributed by atoms with van der Waals surface area (Å²) in [5.74, 6) is 1.60. The summed E-state index contributed by atoms with van der Waals surface area (Å²) in [6.07, 6.45) is 6.74. The van der Waals surface area contributed by atoms with Crippen molar-refractivity contribution in [2.24, 2.45) is 11.7 Å². The number of hydrogen-bond acceptors (Lipinski definition) is 4. The predicted molar refractivity (Wildman–Crippen MR) is 77.8 cm³/mol. The summed E-state index contributed by atoms with van der Waals surface area (Å²) in [5.41, 5.74) is 6.27. The molecule has 0 saturated carbocycles. The van der Waals surface area contributed by atoms with E-state index in [1.807, 2.05) is 0 Å². The molecular formula is C13H20N4S. The fourth-order valence-corrected chi connectivity index (χ4v) is 2.53. The van der Waals surface area contributed by atoms with Crippen molar-refractivity contribution < 1.29 is 0 Å². The van der Waals surface area contributed by atoms with Crippen LogP contribution in [0.1, 0.15) is 38.3 Å². The smallest absolute Gasteiger partial charge is 0.225 e. The van der Waals surface area contributed by atoms with Crippen molar-refractivity contribution in [3.8, 4) is 0 Å². The second-order valence-corrected chi connectivity index (χ2v) is 5.24. The van der Waals surface area contributed by atoms with Gasteiger partial charge in [0.1, 0.15) is 10.7 Å². The molecule has 1 aromatic rings. The topological polar surface area (TPSA) is 55.0 Å². The molecule has 1 saturated heterocycles. The SMILES string of the molecule is CCC1CCCN(c2nccc(C(N)=S)n2)CC1. The second kappa shape index (κ2) is 6.09. The number of rotatable bonds is 3. The molecule has 1 aromatic heterocycles. The fraction of sp³-hybridized carbons (Fsp3) is 0.615. The zero-order valence-corrected chi connectivity index (χ0v) is 11.6. The van der Waals surface area contributed by atoms with Gasteiger partial charge in [-0.25, -0.2) is 9.97 Å². The zero-order valence-electron chi connectivity index (χ0n) is 10.8. The molecule has 1 fully saturated rings. The maximum atomic E-state index is 5.61. The molecule has 2 heterocycles. The molecule has 0 spiro atoms. The van der Waals surface area contributed by atoms with Crippen LogP contribution in [-0.2, 0) is 0 Å². The highest BCUT2D eigenvalue weighted by molar-refractivity contribution is 7.80. The molecular weight excluding hydrogens is 244 g/mol. The number of nitrogens with zero attached hydrogens (tertiary/aromatic N) is 3. The Morgan fingerprint density at radius 3 is 3.06 bits per heavy atom. The molecule has 2 rings (SSSR count). The van der Waals surface area contributed by atoms with Crippen molar-refractivity contribution in [3.63, 3.8) is 0 Å².